The summed E-state index contributed by atoms with van der Waals surface area (Å²) in [5, 5.41) is 9.56. The van der Waals surface area contributed by atoms with Crippen LogP contribution in [0.1, 0.15) is 13.8 Å². The molecule has 0 spiro atoms. The third-order valence-corrected chi connectivity index (χ3v) is 4.95. The Bertz CT molecular complexity index is 485. The molecule has 0 bridgehead atoms. The van der Waals surface area contributed by atoms with Crippen molar-refractivity contribution >= 4 is 45.3 Å². The summed E-state index contributed by atoms with van der Waals surface area (Å²) in [5.74, 6) is 0.350. The van der Waals surface area contributed by atoms with Gasteiger partial charge in [-0.25, -0.2) is 0 Å². The average molecular weight is 383 g/mol. The van der Waals surface area contributed by atoms with Gasteiger partial charge in [-0.15, -0.1) is 11.8 Å². The first-order valence-electron chi connectivity index (χ1n) is 5.94. The predicted molar refractivity (Wildman–Crippen MR) is 86.8 cm³/mol. The molecule has 20 heavy (non-hydrogen) atoms. The molecular weight excluding hydrogens is 366 g/mol. The van der Waals surface area contributed by atoms with Crippen LogP contribution in [-0.4, -0.2) is 34.2 Å². The number of nitrogens with two attached hydrogens (primary N) is 1. The van der Waals surface area contributed by atoms with Crippen molar-refractivity contribution < 1.29 is 14.6 Å². The Hall–Kier alpha value is -0.430. The van der Waals surface area contributed by atoms with Gasteiger partial charge in [0, 0.05) is 15.5 Å². The topological polar surface area (TPSA) is 72.5 Å². The second kappa shape index (κ2) is 7.54. The normalized spacial score (nSPS) is 13.1. The molecule has 1 aromatic rings. The summed E-state index contributed by atoms with van der Waals surface area (Å²) < 4.78 is 5.85. The first-order chi connectivity index (χ1) is 9.24. The number of halogens is 2. The first-order valence-corrected chi connectivity index (χ1v) is 8.10. The second-order valence-electron chi connectivity index (χ2n) is 4.69. The van der Waals surface area contributed by atoms with Crippen molar-refractivity contribution in [1.82, 2.24) is 0 Å². The van der Waals surface area contributed by atoms with Gasteiger partial charge in [0.25, 0.3) is 0 Å². The molecule has 0 amide bonds. The summed E-state index contributed by atoms with van der Waals surface area (Å²) in [7, 11) is 0. The molecule has 1 aromatic carbocycles. The highest BCUT2D eigenvalue weighted by Gasteiger charge is 2.32. The van der Waals surface area contributed by atoms with Crippen LogP contribution in [0.4, 0.5) is 0 Å². The zero-order chi connectivity index (χ0) is 15.3. The van der Waals surface area contributed by atoms with Gasteiger partial charge in [-0.3, -0.25) is 4.79 Å². The maximum absolute atomic E-state index is 10.9. The SMILES string of the molecule is CC(C)(SCCOc1ccc(Cl)cc1Br)[C@H](N)C(=O)O. The van der Waals surface area contributed by atoms with Gasteiger partial charge < -0.3 is 15.6 Å². The predicted octanol–water partition coefficient (Wildman–Crippen LogP) is 3.41. The van der Waals surface area contributed by atoms with Crippen LogP contribution in [0.25, 0.3) is 0 Å². The molecule has 0 fully saturated rings. The third kappa shape index (κ3) is 5.16. The van der Waals surface area contributed by atoms with Crippen LogP contribution in [-0.2, 0) is 4.79 Å². The van der Waals surface area contributed by atoms with Crippen LogP contribution < -0.4 is 10.5 Å². The first kappa shape index (κ1) is 17.6. The van der Waals surface area contributed by atoms with Crippen LogP contribution in [0.15, 0.2) is 22.7 Å². The van der Waals surface area contributed by atoms with Crippen molar-refractivity contribution in [1.29, 1.82) is 0 Å². The fraction of sp³-hybridized carbons (Fsp3) is 0.462. The highest BCUT2D eigenvalue weighted by atomic mass is 79.9. The monoisotopic (exact) mass is 381 g/mol. The molecule has 0 saturated heterocycles. The van der Waals surface area contributed by atoms with Crippen LogP contribution >= 0.6 is 39.3 Å². The number of carboxylic acid groups (broad SMARTS) is 1. The van der Waals surface area contributed by atoms with E-state index in [0.29, 0.717) is 23.1 Å². The summed E-state index contributed by atoms with van der Waals surface area (Å²) in [6.45, 7) is 4.09. The highest BCUT2D eigenvalue weighted by Crippen LogP contribution is 2.30. The van der Waals surface area contributed by atoms with Crippen molar-refractivity contribution in [2.75, 3.05) is 12.4 Å². The van der Waals surface area contributed by atoms with Crippen molar-refractivity contribution in [2.24, 2.45) is 5.73 Å². The molecule has 1 atom stereocenters. The van der Waals surface area contributed by atoms with E-state index < -0.39 is 16.8 Å². The standard InChI is InChI=1S/C13H17BrClNO3S/c1-13(2,11(16)12(17)18)20-6-5-19-10-4-3-8(15)7-9(10)14/h3-4,7,11H,5-6,16H2,1-2H3,(H,17,18)/t11-/m1/s1. The maximum atomic E-state index is 10.9. The molecule has 0 aliphatic heterocycles. The quantitative estimate of drug-likeness (QED) is 0.707. The molecule has 1 rings (SSSR count). The number of benzene rings is 1. The van der Waals surface area contributed by atoms with E-state index in [0.717, 1.165) is 4.47 Å². The molecule has 0 aromatic heterocycles. The van der Waals surface area contributed by atoms with Crippen LogP contribution in [0.2, 0.25) is 5.02 Å². The number of thioether (sulfide) groups is 1. The van der Waals surface area contributed by atoms with E-state index in [9.17, 15) is 4.79 Å². The third-order valence-electron chi connectivity index (χ3n) is 2.72. The number of hydrogen-bond donors (Lipinski definition) is 2. The van der Waals surface area contributed by atoms with Gasteiger partial charge in [-0.1, -0.05) is 11.6 Å². The molecule has 0 heterocycles. The number of rotatable bonds is 7. The number of aliphatic carboxylic acids is 1. The fourth-order valence-electron chi connectivity index (χ4n) is 1.44. The molecule has 0 unspecified atom stereocenters. The van der Waals surface area contributed by atoms with Gasteiger partial charge >= 0.3 is 5.97 Å². The van der Waals surface area contributed by atoms with Crippen molar-refractivity contribution in [2.45, 2.75) is 24.6 Å². The van der Waals surface area contributed by atoms with Crippen molar-refractivity contribution in [3.05, 3.63) is 27.7 Å². The largest absolute Gasteiger partial charge is 0.492 e. The molecule has 112 valence electrons. The maximum Gasteiger partial charge on any atom is 0.321 e. The highest BCUT2D eigenvalue weighted by molar-refractivity contribution is 9.10. The molecule has 0 aliphatic rings. The van der Waals surface area contributed by atoms with E-state index >= 15 is 0 Å². The number of carboxylic acids is 1. The molecule has 0 aliphatic carbocycles. The summed E-state index contributed by atoms with van der Waals surface area (Å²) in [4.78, 5) is 10.9. The van der Waals surface area contributed by atoms with Gasteiger partial charge in [0.1, 0.15) is 11.8 Å². The number of ether oxygens (including phenoxy) is 1. The Balaban J connectivity index is 2.43. The van der Waals surface area contributed by atoms with Gasteiger partial charge in [0.15, 0.2) is 0 Å². The summed E-state index contributed by atoms with van der Waals surface area (Å²) >= 11 is 10.7. The summed E-state index contributed by atoms with van der Waals surface area (Å²) in [5.41, 5.74) is 5.65. The zero-order valence-electron chi connectivity index (χ0n) is 11.2. The van der Waals surface area contributed by atoms with Gasteiger partial charge in [0.2, 0.25) is 0 Å². The average Bonchev–Trinajstić information content (AvgIpc) is 2.35. The van der Waals surface area contributed by atoms with Crippen molar-refractivity contribution in [3.8, 4) is 5.75 Å². The minimum atomic E-state index is -0.996. The summed E-state index contributed by atoms with van der Waals surface area (Å²) in [6.07, 6.45) is 0. The number of hydrogen-bond acceptors (Lipinski definition) is 4. The van der Waals surface area contributed by atoms with Crippen LogP contribution in [0.5, 0.6) is 5.75 Å². The molecule has 0 saturated carbocycles. The minimum Gasteiger partial charge on any atom is -0.492 e. The minimum absolute atomic E-state index is 0.459. The van der Waals surface area contributed by atoms with E-state index in [1.54, 1.807) is 18.2 Å². The molecular formula is C13H17BrClNO3S. The van der Waals surface area contributed by atoms with Gasteiger partial charge in [0.05, 0.1) is 11.1 Å². The van der Waals surface area contributed by atoms with Crippen molar-refractivity contribution in [3.63, 3.8) is 0 Å². The number of carbonyl (C=O) groups is 1. The van der Waals surface area contributed by atoms with E-state index in [2.05, 4.69) is 15.9 Å². The summed E-state index contributed by atoms with van der Waals surface area (Å²) in [6, 6.07) is 4.38. The molecule has 0 radical (unpaired) electrons. The van der Waals surface area contributed by atoms with E-state index in [-0.39, 0.29) is 0 Å². The van der Waals surface area contributed by atoms with E-state index in [1.807, 2.05) is 13.8 Å². The lowest BCUT2D eigenvalue weighted by molar-refractivity contribution is -0.139. The van der Waals surface area contributed by atoms with Gasteiger partial charge in [-0.05, 0) is 48.0 Å². The Labute approximate surface area is 136 Å². The fourth-order valence-corrected chi connectivity index (χ4v) is 3.21. The van der Waals surface area contributed by atoms with E-state index in [4.69, 9.17) is 27.2 Å². The van der Waals surface area contributed by atoms with E-state index in [1.165, 1.54) is 11.8 Å². The van der Waals surface area contributed by atoms with Crippen LogP contribution in [0.3, 0.4) is 0 Å². The Morgan fingerprint density at radius 2 is 2.25 bits per heavy atom. The van der Waals surface area contributed by atoms with Crippen LogP contribution in [0, 0.1) is 0 Å². The lowest BCUT2D eigenvalue weighted by Gasteiger charge is -2.27. The van der Waals surface area contributed by atoms with Gasteiger partial charge in [-0.2, -0.15) is 0 Å². The lowest BCUT2D eigenvalue weighted by atomic mass is 10.1. The lowest BCUT2D eigenvalue weighted by Crippen LogP contribution is -2.47. The Kier molecular flexibility index (Phi) is 6.64. The Morgan fingerprint density at radius 1 is 1.60 bits per heavy atom. The smallest absolute Gasteiger partial charge is 0.321 e. The molecule has 7 heteroatoms. The molecule has 4 nitrogen and oxygen atoms in total. The molecule has 3 N–H and O–H groups in total. The second-order valence-corrected chi connectivity index (χ2v) is 7.73. The zero-order valence-corrected chi connectivity index (χ0v) is 14.4. The Morgan fingerprint density at radius 3 is 2.80 bits per heavy atom.